The van der Waals surface area contributed by atoms with Crippen molar-refractivity contribution in [1.82, 2.24) is 9.97 Å². The van der Waals surface area contributed by atoms with Gasteiger partial charge in [0.25, 0.3) is 0 Å². The van der Waals surface area contributed by atoms with E-state index in [0.29, 0.717) is 6.01 Å². The third-order valence-electron chi connectivity index (χ3n) is 2.86. The number of rotatable bonds is 4. The van der Waals surface area contributed by atoms with E-state index in [4.69, 9.17) is 16.3 Å². The molecule has 100 valence electrons. The standard InChI is InChI=1S/C15H17ClN2O/c1-10(2)19-15-17-8-13(9-18-15)11(3)12-4-6-14(16)7-5-12/h4-11H,1-3H3. The van der Waals surface area contributed by atoms with Gasteiger partial charge in [0, 0.05) is 23.3 Å². The van der Waals surface area contributed by atoms with Gasteiger partial charge in [-0.3, -0.25) is 0 Å². The van der Waals surface area contributed by atoms with Gasteiger partial charge in [-0.15, -0.1) is 0 Å². The van der Waals surface area contributed by atoms with Gasteiger partial charge in [-0.25, -0.2) is 9.97 Å². The molecule has 0 N–H and O–H groups in total. The molecule has 0 spiro atoms. The van der Waals surface area contributed by atoms with Crippen molar-refractivity contribution in [1.29, 1.82) is 0 Å². The first kappa shape index (κ1) is 13.8. The lowest BCUT2D eigenvalue weighted by Gasteiger charge is -2.13. The molecule has 1 aromatic carbocycles. The second-order valence-electron chi connectivity index (χ2n) is 4.74. The molecule has 0 amide bonds. The van der Waals surface area contributed by atoms with Gasteiger partial charge in [0.2, 0.25) is 0 Å². The minimum atomic E-state index is 0.0829. The molecule has 0 saturated heterocycles. The lowest BCUT2D eigenvalue weighted by Crippen LogP contribution is -2.09. The quantitative estimate of drug-likeness (QED) is 0.844. The van der Waals surface area contributed by atoms with E-state index in [2.05, 4.69) is 16.9 Å². The monoisotopic (exact) mass is 276 g/mol. The van der Waals surface area contributed by atoms with Gasteiger partial charge in [0.05, 0.1) is 6.10 Å². The van der Waals surface area contributed by atoms with Crippen LogP contribution < -0.4 is 4.74 Å². The predicted octanol–water partition coefficient (Wildman–Crippen LogP) is 4.07. The topological polar surface area (TPSA) is 35.0 Å². The first-order chi connectivity index (χ1) is 9.06. The maximum atomic E-state index is 5.89. The maximum absolute atomic E-state index is 5.89. The van der Waals surface area contributed by atoms with E-state index in [9.17, 15) is 0 Å². The summed E-state index contributed by atoms with van der Waals surface area (Å²) in [6.07, 6.45) is 3.70. The zero-order chi connectivity index (χ0) is 13.8. The molecule has 0 aliphatic rings. The number of aromatic nitrogens is 2. The molecule has 0 radical (unpaired) electrons. The fraction of sp³-hybridized carbons (Fsp3) is 0.333. The second kappa shape index (κ2) is 6.02. The van der Waals surface area contributed by atoms with Gasteiger partial charge in [-0.1, -0.05) is 30.7 Å². The molecule has 1 atom stereocenters. The Morgan fingerprint density at radius 1 is 0.947 bits per heavy atom. The smallest absolute Gasteiger partial charge is 0.316 e. The van der Waals surface area contributed by atoms with Crippen LogP contribution in [0.2, 0.25) is 5.02 Å². The van der Waals surface area contributed by atoms with E-state index in [1.165, 1.54) is 5.56 Å². The van der Waals surface area contributed by atoms with Crippen LogP contribution in [0.1, 0.15) is 37.8 Å². The number of nitrogens with zero attached hydrogens (tertiary/aromatic N) is 2. The molecule has 3 nitrogen and oxygen atoms in total. The Bertz CT molecular complexity index is 523. The lowest BCUT2D eigenvalue weighted by molar-refractivity contribution is 0.222. The van der Waals surface area contributed by atoms with Gasteiger partial charge in [-0.2, -0.15) is 0 Å². The van der Waals surface area contributed by atoms with Crippen molar-refractivity contribution in [2.45, 2.75) is 32.8 Å². The van der Waals surface area contributed by atoms with Crippen molar-refractivity contribution in [3.63, 3.8) is 0 Å². The summed E-state index contributed by atoms with van der Waals surface area (Å²) >= 11 is 5.89. The van der Waals surface area contributed by atoms with Crippen LogP contribution in [0.3, 0.4) is 0 Å². The molecule has 1 heterocycles. The minimum Gasteiger partial charge on any atom is -0.461 e. The van der Waals surface area contributed by atoms with Crippen molar-refractivity contribution in [3.05, 3.63) is 52.8 Å². The van der Waals surface area contributed by atoms with Gasteiger partial charge in [0.15, 0.2) is 0 Å². The summed E-state index contributed by atoms with van der Waals surface area (Å²) in [5.74, 6) is 0.227. The van der Waals surface area contributed by atoms with Crippen LogP contribution in [0, 0.1) is 0 Å². The number of ether oxygens (including phenoxy) is 1. The Labute approximate surface area is 118 Å². The number of hydrogen-bond acceptors (Lipinski definition) is 3. The zero-order valence-electron chi connectivity index (χ0n) is 11.3. The van der Waals surface area contributed by atoms with Gasteiger partial charge in [-0.05, 0) is 37.1 Å². The second-order valence-corrected chi connectivity index (χ2v) is 5.18. The average molecular weight is 277 g/mol. The van der Waals surface area contributed by atoms with E-state index >= 15 is 0 Å². The van der Waals surface area contributed by atoms with Crippen molar-refractivity contribution >= 4 is 11.6 Å². The number of hydrogen-bond donors (Lipinski definition) is 0. The highest BCUT2D eigenvalue weighted by atomic mass is 35.5. The average Bonchev–Trinajstić information content (AvgIpc) is 2.39. The Kier molecular flexibility index (Phi) is 4.38. The van der Waals surface area contributed by atoms with E-state index in [1.807, 2.05) is 50.5 Å². The van der Waals surface area contributed by atoms with E-state index in [1.54, 1.807) is 0 Å². The van der Waals surface area contributed by atoms with Crippen LogP contribution in [-0.4, -0.2) is 16.1 Å². The third-order valence-corrected chi connectivity index (χ3v) is 3.11. The summed E-state index contributed by atoms with van der Waals surface area (Å²) < 4.78 is 5.43. The molecule has 2 aromatic rings. The minimum absolute atomic E-state index is 0.0829. The molecule has 2 rings (SSSR count). The first-order valence-corrected chi connectivity index (χ1v) is 6.68. The van der Waals surface area contributed by atoms with Gasteiger partial charge >= 0.3 is 6.01 Å². The van der Waals surface area contributed by atoms with E-state index < -0.39 is 0 Å². The fourth-order valence-corrected chi connectivity index (χ4v) is 1.89. The molecule has 0 aliphatic heterocycles. The van der Waals surface area contributed by atoms with E-state index in [0.717, 1.165) is 10.6 Å². The largest absolute Gasteiger partial charge is 0.461 e. The van der Waals surface area contributed by atoms with Crippen LogP contribution in [0.25, 0.3) is 0 Å². The Morgan fingerprint density at radius 2 is 1.53 bits per heavy atom. The van der Waals surface area contributed by atoms with Crippen molar-refractivity contribution < 1.29 is 4.74 Å². The van der Waals surface area contributed by atoms with Crippen LogP contribution in [0.4, 0.5) is 0 Å². The highest BCUT2D eigenvalue weighted by Crippen LogP contribution is 2.24. The van der Waals surface area contributed by atoms with Crippen LogP contribution >= 0.6 is 11.6 Å². The first-order valence-electron chi connectivity index (χ1n) is 6.30. The van der Waals surface area contributed by atoms with Crippen LogP contribution in [-0.2, 0) is 0 Å². The highest BCUT2D eigenvalue weighted by Gasteiger charge is 2.10. The summed E-state index contributed by atoms with van der Waals surface area (Å²) in [5.41, 5.74) is 2.24. The zero-order valence-corrected chi connectivity index (χ0v) is 12.1. The summed E-state index contributed by atoms with van der Waals surface area (Å²) in [6.45, 7) is 6.02. The van der Waals surface area contributed by atoms with Crippen molar-refractivity contribution in [3.8, 4) is 6.01 Å². The maximum Gasteiger partial charge on any atom is 0.316 e. The molecule has 1 aromatic heterocycles. The SMILES string of the molecule is CC(C)Oc1ncc(C(C)c2ccc(Cl)cc2)cn1. The fourth-order valence-electron chi connectivity index (χ4n) is 1.77. The summed E-state index contributed by atoms with van der Waals surface area (Å²) in [7, 11) is 0. The van der Waals surface area contributed by atoms with Crippen molar-refractivity contribution in [2.24, 2.45) is 0 Å². The Morgan fingerprint density at radius 3 is 2.05 bits per heavy atom. The molecule has 0 aliphatic carbocycles. The van der Waals surface area contributed by atoms with Gasteiger partial charge < -0.3 is 4.74 Å². The summed E-state index contributed by atoms with van der Waals surface area (Å²) in [5, 5.41) is 0.743. The summed E-state index contributed by atoms with van der Waals surface area (Å²) in [6, 6.07) is 8.24. The Hall–Kier alpha value is -1.61. The van der Waals surface area contributed by atoms with Crippen LogP contribution in [0.15, 0.2) is 36.7 Å². The van der Waals surface area contributed by atoms with Crippen molar-refractivity contribution in [2.75, 3.05) is 0 Å². The molecule has 0 bridgehead atoms. The normalized spacial score (nSPS) is 12.5. The highest BCUT2D eigenvalue weighted by molar-refractivity contribution is 6.30. The Balaban J connectivity index is 2.15. The molecular formula is C15H17ClN2O. The van der Waals surface area contributed by atoms with Crippen LogP contribution in [0.5, 0.6) is 6.01 Å². The molecule has 1 unspecified atom stereocenters. The van der Waals surface area contributed by atoms with E-state index in [-0.39, 0.29) is 12.0 Å². The number of halogens is 1. The summed E-state index contributed by atoms with van der Waals surface area (Å²) in [4.78, 5) is 8.45. The molecule has 4 heteroatoms. The molecule has 19 heavy (non-hydrogen) atoms. The number of benzene rings is 1. The molecule has 0 saturated carbocycles. The third kappa shape index (κ3) is 3.67. The predicted molar refractivity (Wildman–Crippen MR) is 76.8 cm³/mol. The van der Waals surface area contributed by atoms with Gasteiger partial charge in [0.1, 0.15) is 0 Å². The molecular weight excluding hydrogens is 260 g/mol. The molecule has 0 fully saturated rings. The lowest BCUT2D eigenvalue weighted by atomic mass is 9.96.